The molecule has 26 heavy (non-hydrogen) atoms. The van der Waals surface area contributed by atoms with Crippen molar-refractivity contribution in [3.05, 3.63) is 70.2 Å². The van der Waals surface area contributed by atoms with Gasteiger partial charge in [0.1, 0.15) is 10.3 Å². The fraction of sp³-hybridized carbons (Fsp3) is 0.158. The predicted octanol–water partition coefficient (Wildman–Crippen LogP) is 4.32. The lowest BCUT2D eigenvalue weighted by Gasteiger charge is -2.10. The van der Waals surface area contributed by atoms with Crippen LogP contribution in [0.2, 0.25) is 0 Å². The minimum Gasteiger partial charge on any atom is -0.359 e. The molecular formula is C19H16BrN3O3. The maximum absolute atomic E-state index is 12.4. The Hall–Kier alpha value is -2.80. The van der Waals surface area contributed by atoms with E-state index < -0.39 is 0 Å². The van der Waals surface area contributed by atoms with Gasteiger partial charge in [0.05, 0.1) is 17.7 Å². The first-order valence-corrected chi connectivity index (χ1v) is 8.95. The molecule has 0 saturated heterocycles. The van der Waals surface area contributed by atoms with Crippen LogP contribution in [0.3, 0.4) is 0 Å². The van der Waals surface area contributed by atoms with Crippen LogP contribution in [0.25, 0.3) is 11.3 Å². The third kappa shape index (κ3) is 3.30. The largest absolute Gasteiger partial charge is 0.359 e. The summed E-state index contributed by atoms with van der Waals surface area (Å²) < 4.78 is 5.97. The number of hydrogen-bond donors (Lipinski definition) is 0. The van der Waals surface area contributed by atoms with Gasteiger partial charge in [-0.25, -0.2) is 4.98 Å². The van der Waals surface area contributed by atoms with Crippen LogP contribution >= 0.6 is 15.9 Å². The van der Waals surface area contributed by atoms with Crippen molar-refractivity contribution in [2.75, 3.05) is 0 Å². The summed E-state index contributed by atoms with van der Waals surface area (Å²) in [6.07, 6.45) is 1.65. The molecule has 1 aromatic carbocycles. The normalized spacial score (nSPS) is 12.7. The zero-order chi connectivity index (χ0) is 18.7. The van der Waals surface area contributed by atoms with Crippen molar-refractivity contribution in [3.8, 4) is 11.3 Å². The van der Waals surface area contributed by atoms with E-state index in [9.17, 15) is 9.59 Å². The average molecular weight is 414 g/mol. The van der Waals surface area contributed by atoms with Crippen LogP contribution in [0, 0.1) is 0 Å². The number of nitrogens with zero attached hydrogens (tertiary/aromatic N) is 3. The number of rotatable bonds is 3. The lowest BCUT2D eigenvalue weighted by Crippen LogP contribution is -2.28. The quantitative estimate of drug-likeness (QED) is 0.471. The van der Waals surface area contributed by atoms with Gasteiger partial charge in [0.15, 0.2) is 5.76 Å². The van der Waals surface area contributed by atoms with Gasteiger partial charge in [0, 0.05) is 17.8 Å². The summed E-state index contributed by atoms with van der Waals surface area (Å²) in [5.41, 5.74) is 2.28. The number of halogens is 1. The molecule has 3 aromatic rings. The fourth-order valence-electron chi connectivity index (χ4n) is 2.62. The maximum atomic E-state index is 12.4. The number of carbonyl (C=O) groups excluding carboxylic acids is 2. The first kappa shape index (κ1) is 18.0. The van der Waals surface area contributed by atoms with Gasteiger partial charge < -0.3 is 4.52 Å². The van der Waals surface area contributed by atoms with Gasteiger partial charge in [-0.15, -0.1) is 0 Å². The maximum Gasteiger partial charge on any atom is 0.261 e. The molecule has 0 N–H and O–H groups in total. The molecule has 1 aliphatic heterocycles. The van der Waals surface area contributed by atoms with E-state index in [1.54, 1.807) is 42.6 Å². The lowest BCUT2D eigenvalue weighted by atomic mass is 10.1. The van der Waals surface area contributed by atoms with Crippen LogP contribution in [0.4, 0.5) is 0 Å². The zero-order valence-electron chi connectivity index (χ0n) is 14.3. The van der Waals surface area contributed by atoms with E-state index in [4.69, 9.17) is 4.52 Å². The molecule has 0 spiro atoms. The van der Waals surface area contributed by atoms with Crippen molar-refractivity contribution >= 4 is 27.7 Å². The fourth-order valence-corrected chi connectivity index (χ4v) is 2.99. The van der Waals surface area contributed by atoms with E-state index in [2.05, 4.69) is 26.1 Å². The Balaban J connectivity index is 0.000000948. The smallest absolute Gasteiger partial charge is 0.261 e. The van der Waals surface area contributed by atoms with Crippen LogP contribution in [0.15, 0.2) is 57.8 Å². The van der Waals surface area contributed by atoms with Gasteiger partial charge >= 0.3 is 0 Å². The van der Waals surface area contributed by atoms with Gasteiger partial charge in [0.2, 0.25) is 0 Å². The molecule has 0 fully saturated rings. The minimum atomic E-state index is -0.319. The number of amides is 2. The first-order chi connectivity index (χ1) is 12.6. The van der Waals surface area contributed by atoms with E-state index in [-0.39, 0.29) is 18.4 Å². The summed E-state index contributed by atoms with van der Waals surface area (Å²) in [4.78, 5) is 29.9. The predicted molar refractivity (Wildman–Crippen MR) is 99.4 cm³/mol. The van der Waals surface area contributed by atoms with E-state index in [0.717, 1.165) is 10.5 Å². The third-order valence-corrected chi connectivity index (χ3v) is 4.21. The molecule has 132 valence electrons. The highest BCUT2D eigenvalue weighted by Gasteiger charge is 2.35. The Morgan fingerprint density at radius 1 is 1.04 bits per heavy atom. The van der Waals surface area contributed by atoms with Crippen molar-refractivity contribution in [2.45, 2.75) is 20.4 Å². The number of imide groups is 1. The molecule has 0 radical (unpaired) electrons. The molecule has 3 heterocycles. The topological polar surface area (TPSA) is 76.3 Å². The van der Waals surface area contributed by atoms with E-state index in [0.29, 0.717) is 27.2 Å². The monoisotopic (exact) mass is 413 g/mol. The SMILES string of the molecule is CC.O=C1c2ccccc2C(=O)N1Cc1cc(-c2ccnc(Br)c2)no1. The molecule has 0 bridgehead atoms. The minimum absolute atomic E-state index is 0.0472. The van der Waals surface area contributed by atoms with E-state index in [1.807, 2.05) is 19.9 Å². The van der Waals surface area contributed by atoms with E-state index in [1.165, 1.54) is 0 Å². The molecular weight excluding hydrogens is 398 g/mol. The Bertz CT molecular complexity index is 933. The second-order valence-electron chi connectivity index (χ2n) is 5.29. The standard InChI is InChI=1S/C17H10BrN3O3.C2H6/c18-15-7-10(5-6-19-15)14-8-11(24-20-14)9-21-16(22)12-3-1-2-4-13(12)17(21)23;1-2/h1-8H,9H2;1-2H3. The van der Waals surface area contributed by atoms with Gasteiger partial charge in [-0.2, -0.15) is 0 Å². The molecule has 0 aliphatic carbocycles. The summed E-state index contributed by atoms with van der Waals surface area (Å²) in [5, 5.41) is 4.00. The van der Waals surface area contributed by atoms with Crippen molar-refractivity contribution in [2.24, 2.45) is 0 Å². The molecule has 6 nitrogen and oxygen atoms in total. The molecule has 0 saturated carbocycles. The third-order valence-electron chi connectivity index (χ3n) is 3.77. The van der Waals surface area contributed by atoms with Crippen LogP contribution in [0.5, 0.6) is 0 Å². The lowest BCUT2D eigenvalue weighted by molar-refractivity contribution is 0.0628. The van der Waals surface area contributed by atoms with Gasteiger partial charge in [0.25, 0.3) is 11.8 Å². The molecule has 4 rings (SSSR count). The Morgan fingerprint density at radius 2 is 1.69 bits per heavy atom. The first-order valence-electron chi connectivity index (χ1n) is 8.16. The van der Waals surface area contributed by atoms with Crippen molar-refractivity contribution in [1.82, 2.24) is 15.0 Å². The summed E-state index contributed by atoms with van der Waals surface area (Å²) in [7, 11) is 0. The van der Waals surface area contributed by atoms with Crippen LogP contribution in [-0.4, -0.2) is 26.9 Å². The molecule has 0 atom stereocenters. The number of fused-ring (bicyclic) bond motifs is 1. The highest BCUT2D eigenvalue weighted by atomic mass is 79.9. The van der Waals surface area contributed by atoms with Gasteiger partial charge in [-0.05, 0) is 40.2 Å². The molecule has 0 unspecified atom stereocenters. The summed E-state index contributed by atoms with van der Waals surface area (Å²) >= 11 is 3.30. The Labute approximate surface area is 159 Å². The number of pyridine rings is 1. The van der Waals surface area contributed by atoms with Gasteiger partial charge in [-0.3, -0.25) is 14.5 Å². The molecule has 2 aromatic heterocycles. The number of benzene rings is 1. The summed E-state index contributed by atoms with van der Waals surface area (Å²) in [6.45, 7) is 4.05. The van der Waals surface area contributed by atoms with Crippen LogP contribution in [0.1, 0.15) is 40.3 Å². The number of hydrogen-bond acceptors (Lipinski definition) is 5. The van der Waals surface area contributed by atoms with Gasteiger partial charge in [-0.1, -0.05) is 31.1 Å². The Kier molecular flexibility index (Phi) is 5.27. The molecule has 1 aliphatic rings. The molecule has 2 amide bonds. The van der Waals surface area contributed by atoms with Crippen LogP contribution in [-0.2, 0) is 6.54 Å². The zero-order valence-corrected chi connectivity index (χ0v) is 15.9. The van der Waals surface area contributed by atoms with Crippen molar-refractivity contribution < 1.29 is 14.1 Å². The second kappa shape index (κ2) is 7.61. The highest BCUT2D eigenvalue weighted by Crippen LogP contribution is 2.26. The molecule has 7 heteroatoms. The number of aromatic nitrogens is 2. The highest BCUT2D eigenvalue weighted by molar-refractivity contribution is 9.10. The van der Waals surface area contributed by atoms with Crippen molar-refractivity contribution in [3.63, 3.8) is 0 Å². The second-order valence-corrected chi connectivity index (χ2v) is 6.10. The average Bonchev–Trinajstić information content (AvgIpc) is 3.23. The number of carbonyl (C=O) groups is 2. The van der Waals surface area contributed by atoms with Crippen LogP contribution < -0.4 is 0 Å². The van der Waals surface area contributed by atoms with Crippen molar-refractivity contribution in [1.29, 1.82) is 0 Å². The van der Waals surface area contributed by atoms with E-state index >= 15 is 0 Å². The summed E-state index contributed by atoms with van der Waals surface area (Å²) in [5.74, 6) is -0.201. The summed E-state index contributed by atoms with van der Waals surface area (Å²) in [6, 6.07) is 12.1. The Morgan fingerprint density at radius 3 is 2.31 bits per heavy atom.